The highest BCUT2D eigenvalue weighted by Crippen LogP contribution is 2.28. The molecule has 0 aliphatic rings. The summed E-state index contributed by atoms with van der Waals surface area (Å²) in [4.78, 5) is 4.84. The van der Waals surface area contributed by atoms with Crippen molar-refractivity contribution in [1.82, 2.24) is 9.55 Å². The first-order chi connectivity index (χ1) is 12.3. The molecule has 124 valence electrons. The SMILES string of the molecule is Cn1c(C(OCc2ccccc2)c2ccccc2)nc2ccccc21. The molecule has 4 rings (SSSR count). The molecule has 4 aromatic rings. The first kappa shape index (κ1) is 15.6. The molecule has 0 radical (unpaired) electrons. The Kier molecular flexibility index (Phi) is 4.32. The maximum atomic E-state index is 6.33. The standard InChI is InChI=1S/C22H20N2O/c1-24-20-15-9-8-14-19(20)23-22(24)21(18-12-6-3-7-13-18)25-16-17-10-4-2-5-11-17/h2-15,21H,16H2,1H3. The van der Waals surface area contributed by atoms with Crippen LogP contribution in [0.5, 0.6) is 0 Å². The zero-order valence-corrected chi connectivity index (χ0v) is 14.2. The molecule has 3 aromatic carbocycles. The van der Waals surface area contributed by atoms with Crippen LogP contribution < -0.4 is 0 Å². The Morgan fingerprint density at radius 1 is 0.840 bits per heavy atom. The first-order valence-electron chi connectivity index (χ1n) is 8.45. The van der Waals surface area contributed by atoms with Gasteiger partial charge < -0.3 is 9.30 Å². The summed E-state index contributed by atoms with van der Waals surface area (Å²) in [6.07, 6.45) is -0.209. The van der Waals surface area contributed by atoms with E-state index < -0.39 is 0 Å². The van der Waals surface area contributed by atoms with E-state index in [1.807, 2.05) is 61.6 Å². The van der Waals surface area contributed by atoms with Gasteiger partial charge in [-0.1, -0.05) is 72.8 Å². The summed E-state index contributed by atoms with van der Waals surface area (Å²) in [7, 11) is 2.05. The highest BCUT2D eigenvalue weighted by atomic mass is 16.5. The van der Waals surface area contributed by atoms with Crippen LogP contribution in [0.4, 0.5) is 0 Å². The number of aryl methyl sites for hydroxylation is 1. The number of ether oxygens (including phenoxy) is 1. The Balaban J connectivity index is 1.73. The van der Waals surface area contributed by atoms with Gasteiger partial charge in [0.2, 0.25) is 0 Å². The van der Waals surface area contributed by atoms with Crippen LogP contribution in [0.2, 0.25) is 0 Å². The second-order valence-electron chi connectivity index (χ2n) is 6.11. The molecule has 0 aliphatic carbocycles. The monoisotopic (exact) mass is 328 g/mol. The lowest BCUT2D eigenvalue weighted by Gasteiger charge is -2.18. The van der Waals surface area contributed by atoms with Crippen molar-refractivity contribution in [2.75, 3.05) is 0 Å². The zero-order valence-electron chi connectivity index (χ0n) is 14.2. The number of aromatic nitrogens is 2. The highest BCUT2D eigenvalue weighted by Gasteiger charge is 2.21. The van der Waals surface area contributed by atoms with E-state index in [2.05, 4.69) is 34.9 Å². The Hall–Kier alpha value is -2.91. The fraction of sp³-hybridized carbons (Fsp3) is 0.136. The topological polar surface area (TPSA) is 27.1 Å². The van der Waals surface area contributed by atoms with Gasteiger partial charge in [-0.3, -0.25) is 0 Å². The summed E-state index contributed by atoms with van der Waals surface area (Å²) in [6, 6.07) is 28.7. The molecule has 0 N–H and O–H groups in total. The van der Waals surface area contributed by atoms with Crippen LogP contribution in [0.25, 0.3) is 11.0 Å². The molecule has 25 heavy (non-hydrogen) atoms. The predicted molar refractivity (Wildman–Crippen MR) is 100 cm³/mol. The van der Waals surface area contributed by atoms with Crippen molar-refractivity contribution in [2.24, 2.45) is 7.05 Å². The van der Waals surface area contributed by atoms with Crippen molar-refractivity contribution in [2.45, 2.75) is 12.7 Å². The van der Waals surface area contributed by atoms with Gasteiger partial charge in [0.25, 0.3) is 0 Å². The van der Waals surface area contributed by atoms with Crippen LogP contribution in [-0.4, -0.2) is 9.55 Å². The lowest BCUT2D eigenvalue weighted by atomic mass is 10.1. The number of hydrogen-bond donors (Lipinski definition) is 0. The van der Waals surface area contributed by atoms with Gasteiger partial charge in [-0.25, -0.2) is 4.98 Å². The summed E-state index contributed by atoms with van der Waals surface area (Å²) >= 11 is 0. The fourth-order valence-corrected chi connectivity index (χ4v) is 3.10. The molecular weight excluding hydrogens is 308 g/mol. The van der Waals surface area contributed by atoms with E-state index in [0.717, 1.165) is 28.0 Å². The number of imidazole rings is 1. The quantitative estimate of drug-likeness (QED) is 0.522. The highest BCUT2D eigenvalue weighted by molar-refractivity contribution is 5.76. The molecule has 3 heteroatoms. The molecule has 0 saturated heterocycles. The van der Waals surface area contributed by atoms with E-state index in [4.69, 9.17) is 9.72 Å². The van der Waals surface area contributed by atoms with Gasteiger partial charge in [0.05, 0.1) is 17.6 Å². The molecule has 0 bridgehead atoms. The van der Waals surface area contributed by atoms with Crippen LogP contribution >= 0.6 is 0 Å². The summed E-state index contributed by atoms with van der Waals surface area (Å²) in [5, 5.41) is 0. The minimum absolute atomic E-state index is 0.209. The minimum Gasteiger partial charge on any atom is -0.361 e. The van der Waals surface area contributed by atoms with E-state index in [0.29, 0.717) is 6.61 Å². The normalized spacial score (nSPS) is 12.4. The van der Waals surface area contributed by atoms with Gasteiger partial charge in [0, 0.05) is 7.05 Å². The van der Waals surface area contributed by atoms with Gasteiger partial charge >= 0.3 is 0 Å². The van der Waals surface area contributed by atoms with E-state index in [9.17, 15) is 0 Å². The van der Waals surface area contributed by atoms with Gasteiger partial charge in [0.15, 0.2) is 0 Å². The Bertz CT molecular complexity index is 961. The maximum Gasteiger partial charge on any atom is 0.143 e. The molecule has 0 amide bonds. The van der Waals surface area contributed by atoms with E-state index in [-0.39, 0.29) is 6.10 Å². The molecule has 1 aromatic heterocycles. The molecule has 1 atom stereocenters. The van der Waals surface area contributed by atoms with Crippen molar-refractivity contribution < 1.29 is 4.74 Å². The van der Waals surface area contributed by atoms with Crippen LogP contribution in [0, 0.1) is 0 Å². The Labute approximate surface area is 147 Å². The third kappa shape index (κ3) is 3.19. The van der Waals surface area contributed by atoms with E-state index in [1.54, 1.807) is 0 Å². The Morgan fingerprint density at radius 2 is 1.48 bits per heavy atom. The van der Waals surface area contributed by atoms with Crippen molar-refractivity contribution in [3.05, 3.63) is 102 Å². The molecule has 0 aliphatic heterocycles. The van der Waals surface area contributed by atoms with Crippen molar-refractivity contribution in [3.63, 3.8) is 0 Å². The first-order valence-corrected chi connectivity index (χ1v) is 8.45. The lowest BCUT2D eigenvalue weighted by molar-refractivity contribution is 0.0596. The zero-order chi connectivity index (χ0) is 17.1. The largest absolute Gasteiger partial charge is 0.361 e. The third-order valence-electron chi connectivity index (χ3n) is 4.42. The second-order valence-corrected chi connectivity index (χ2v) is 6.11. The van der Waals surface area contributed by atoms with Crippen molar-refractivity contribution >= 4 is 11.0 Å². The van der Waals surface area contributed by atoms with Gasteiger partial charge in [-0.2, -0.15) is 0 Å². The molecule has 0 fully saturated rings. The average molecular weight is 328 g/mol. The molecule has 0 saturated carbocycles. The summed E-state index contributed by atoms with van der Waals surface area (Å²) in [5.74, 6) is 0.920. The predicted octanol–water partition coefficient (Wildman–Crippen LogP) is 4.88. The number of hydrogen-bond acceptors (Lipinski definition) is 2. The van der Waals surface area contributed by atoms with Crippen LogP contribution in [-0.2, 0) is 18.4 Å². The smallest absolute Gasteiger partial charge is 0.143 e. The number of para-hydroxylation sites is 2. The van der Waals surface area contributed by atoms with Gasteiger partial charge in [0.1, 0.15) is 11.9 Å². The molecule has 3 nitrogen and oxygen atoms in total. The van der Waals surface area contributed by atoms with Gasteiger partial charge in [-0.05, 0) is 23.3 Å². The summed E-state index contributed by atoms with van der Waals surface area (Å²) in [5.41, 5.74) is 4.37. The summed E-state index contributed by atoms with van der Waals surface area (Å²) in [6.45, 7) is 0.545. The summed E-state index contributed by atoms with van der Waals surface area (Å²) < 4.78 is 8.45. The fourth-order valence-electron chi connectivity index (χ4n) is 3.10. The number of benzene rings is 3. The number of rotatable bonds is 5. The van der Waals surface area contributed by atoms with Crippen LogP contribution in [0.1, 0.15) is 23.1 Å². The van der Waals surface area contributed by atoms with Crippen molar-refractivity contribution in [3.8, 4) is 0 Å². The maximum absolute atomic E-state index is 6.33. The molecule has 0 spiro atoms. The molecule has 1 unspecified atom stereocenters. The van der Waals surface area contributed by atoms with Crippen LogP contribution in [0.15, 0.2) is 84.9 Å². The Morgan fingerprint density at radius 3 is 2.20 bits per heavy atom. The minimum atomic E-state index is -0.209. The van der Waals surface area contributed by atoms with E-state index in [1.165, 1.54) is 0 Å². The molecule has 1 heterocycles. The van der Waals surface area contributed by atoms with Gasteiger partial charge in [-0.15, -0.1) is 0 Å². The third-order valence-corrected chi connectivity index (χ3v) is 4.42. The van der Waals surface area contributed by atoms with Crippen LogP contribution in [0.3, 0.4) is 0 Å². The van der Waals surface area contributed by atoms with Crippen molar-refractivity contribution in [1.29, 1.82) is 0 Å². The second kappa shape index (κ2) is 6.91. The number of fused-ring (bicyclic) bond motifs is 1. The lowest BCUT2D eigenvalue weighted by Crippen LogP contribution is -2.12. The van der Waals surface area contributed by atoms with E-state index >= 15 is 0 Å². The molecular formula is C22H20N2O. The average Bonchev–Trinajstić information content (AvgIpc) is 3.01. The number of nitrogens with zero attached hydrogens (tertiary/aromatic N) is 2.